The monoisotopic (exact) mass is 631 g/mol. The summed E-state index contributed by atoms with van der Waals surface area (Å²) < 4.78 is 9.07. The van der Waals surface area contributed by atoms with Crippen molar-refractivity contribution in [2.24, 2.45) is 0 Å². The second-order valence-corrected chi connectivity index (χ2v) is 13.1. The first-order valence-corrected chi connectivity index (χ1v) is 16.7. The minimum absolute atomic E-state index is 0.577. The Morgan fingerprint density at radius 1 is 0.396 bits per heavy atom. The van der Waals surface area contributed by atoms with Gasteiger partial charge in [0.25, 0.3) is 0 Å². The third kappa shape index (κ3) is 4.40. The molecule has 0 N–H and O–H groups in total. The highest BCUT2D eigenvalue weighted by Gasteiger charge is 2.19. The lowest BCUT2D eigenvalue weighted by molar-refractivity contribution is 0.670. The quantitative estimate of drug-likeness (QED) is 0.194. The fourth-order valence-corrected chi connectivity index (χ4v) is 7.87. The summed E-state index contributed by atoms with van der Waals surface area (Å²) in [6.45, 7) is 0. The normalized spacial score (nSPS) is 11.8. The first-order valence-electron chi connectivity index (χ1n) is 15.9. The van der Waals surface area contributed by atoms with Crippen LogP contribution in [0.5, 0.6) is 0 Å². The second-order valence-electron chi connectivity index (χ2n) is 12.0. The molecule has 0 amide bonds. The van der Waals surface area contributed by atoms with Gasteiger partial charge in [-0.1, -0.05) is 121 Å². The molecule has 0 aliphatic carbocycles. The Balaban J connectivity index is 1.18. The molecule has 5 heteroatoms. The van der Waals surface area contributed by atoms with Gasteiger partial charge in [0, 0.05) is 42.1 Å². The van der Waals surface area contributed by atoms with E-state index in [0.717, 1.165) is 49.6 Å². The van der Waals surface area contributed by atoms with E-state index >= 15 is 0 Å². The average Bonchev–Trinajstić information content (AvgIpc) is 3.71. The Labute approximate surface area is 279 Å². The van der Waals surface area contributed by atoms with Crippen LogP contribution < -0.4 is 0 Å². The first kappa shape index (κ1) is 27.0. The summed E-state index contributed by atoms with van der Waals surface area (Å²) >= 11 is 1.79. The van der Waals surface area contributed by atoms with Crippen LogP contribution in [0.1, 0.15) is 0 Å². The third-order valence-electron chi connectivity index (χ3n) is 9.13. The minimum Gasteiger partial charge on any atom is -0.455 e. The molecule has 0 radical (unpaired) electrons. The molecule has 0 bridgehead atoms. The highest BCUT2D eigenvalue weighted by atomic mass is 32.1. The summed E-state index contributed by atoms with van der Waals surface area (Å²) in [7, 11) is 0. The molecule has 4 nitrogen and oxygen atoms in total. The predicted molar refractivity (Wildman–Crippen MR) is 199 cm³/mol. The fraction of sp³-hybridized carbons (Fsp3) is 0. The van der Waals surface area contributed by atoms with Crippen LogP contribution in [0.15, 0.2) is 156 Å². The number of para-hydroxylation sites is 1. The van der Waals surface area contributed by atoms with Gasteiger partial charge in [-0.05, 0) is 52.2 Å². The average molecular weight is 632 g/mol. The van der Waals surface area contributed by atoms with Crippen LogP contribution in [0.25, 0.3) is 98.2 Å². The number of hydrogen-bond acceptors (Lipinski definition) is 5. The van der Waals surface area contributed by atoms with E-state index in [1.807, 2.05) is 12.1 Å². The van der Waals surface area contributed by atoms with Crippen molar-refractivity contribution in [1.82, 2.24) is 15.0 Å². The lowest BCUT2D eigenvalue weighted by Gasteiger charge is -2.10. The number of hydrogen-bond donors (Lipinski definition) is 0. The van der Waals surface area contributed by atoms with E-state index in [1.165, 1.54) is 31.1 Å². The molecule has 0 saturated carbocycles. The molecule has 48 heavy (non-hydrogen) atoms. The van der Waals surface area contributed by atoms with Gasteiger partial charge in [-0.25, -0.2) is 15.0 Å². The zero-order valence-electron chi connectivity index (χ0n) is 25.6. The standard InChI is InChI=1S/C43H25N3OS/c1-2-9-26(10-3-1)27-17-19-28(20-18-27)41-44-42(31-21-22-33-32-13-6-7-16-38(32)48-39(33)25-31)46-43(45-41)35-15-8-14-34-36-23-29-11-4-5-12-30(29)24-37(36)47-40(34)35/h1-25H. The fourth-order valence-electron chi connectivity index (χ4n) is 6.72. The van der Waals surface area contributed by atoms with Gasteiger partial charge in [-0.3, -0.25) is 0 Å². The summed E-state index contributed by atoms with van der Waals surface area (Å²) in [6.07, 6.45) is 0. The molecule has 0 fully saturated rings. The smallest absolute Gasteiger partial charge is 0.167 e. The van der Waals surface area contributed by atoms with E-state index in [1.54, 1.807) is 11.3 Å². The number of rotatable bonds is 4. The van der Waals surface area contributed by atoms with Crippen molar-refractivity contribution in [2.45, 2.75) is 0 Å². The van der Waals surface area contributed by atoms with Crippen LogP contribution >= 0.6 is 11.3 Å². The lowest BCUT2D eigenvalue weighted by atomic mass is 10.0. The first-order chi connectivity index (χ1) is 23.7. The summed E-state index contributed by atoms with van der Waals surface area (Å²) in [4.78, 5) is 15.3. The molecular formula is C43H25N3OS. The van der Waals surface area contributed by atoms with Crippen LogP contribution in [0.2, 0.25) is 0 Å². The molecule has 0 atom stereocenters. The second kappa shape index (κ2) is 10.7. The van der Waals surface area contributed by atoms with Crippen LogP contribution in [-0.2, 0) is 0 Å². The van der Waals surface area contributed by atoms with Gasteiger partial charge in [-0.15, -0.1) is 11.3 Å². The maximum atomic E-state index is 6.59. The minimum atomic E-state index is 0.577. The number of furan rings is 1. The number of aromatic nitrogens is 3. The zero-order chi connectivity index (χ0) is 31.6. The molecule has 10 rings (SSSR count). The third-order valence-corrected chi connectivity index (χ3v) is 10.3. The molecule has 0 saturated heterocycles. The van der Waals surface area contributed by atoms with Crippen molar-refractivity contribution in [3.8, 4) is 45.3 Å². The molecule has 3 heterocycles. The molecule has 7 aromatic carbocycles. The maximum absolute atomic E-state index is 6.59. The van der Waals surface area contributed by atoms with Crippen molar-refractivity contribution in [1.29, 1.82) is 0 Å². The largest absolute Gasteiger partial charge is 0.455 e. The van der Waals surface area contributed by atoms with Crippen molar-refractivity contribution in [2.75, 3.05) is 0 Å². The van der Waals surface area contributed by atoms with E-state index in [9.17, 15) is 0 Å². The van der Waals surface area contributed by atoms with Crippen LogP contribution in [0, 0.1) is 0 Å². The van der Waals surface area contributed by atoms with Gasteiger partial charge < -0.3 is 4.42 Å². The molecule has 10 aromatic rings. The zero-order valence-corrected chi connectivity index (χ0v) is 26.4. The van der Waals surface area contributed by atoms with Gasteiger partial charge >= 0.3 is 0 Å². The Bertz CT molecular complexity index is 2830. The van der Waals surface area contributed by atoms with E-state index in [-0.39, 0.29) is 0 Å². The topological polar surface area (TPSA) is 51.8 Å². The molecule has 0 aliphatic heterocycles. The molecule has 0 unspecified atom stereocenters. The number of thiophene rings is 1. The van der Waals surface area contributed by atoms with Crippen LogP contribution in [-0.4, -0.2) is 15.0 Å². The van der Waals surface area contributed by atoms with Gasteiger partial charge in [0.2, 0.25) is 0 Å². The van der Waals surface area contributed by atoms with E-state index in [4.69, 9.17) is 19.4 Å². The molecule has 3 aromatic heterocycles. The Hall–Kier alpha value is -6.17. The van der Waals surface area contributed by atoms with Crippen molar-refractivity contribution >= 4 is 64.2 Å². The SMILES string of the molecule is c1ccc(-c2ccc(-c3nc(-c4ccc5c(c4)sc4ccccc45)nc(-c4cccc5c4oc4cc6ccccc6cc45)n3)cc2)cc1. The Kier molecular flexibility index (Phi) is 6.01. The molecule has 0 aliphatic rings. The molecule has 0 spiro atoms. The predicted octanol–water partition coefficient (Wildman–Crippen LogP) is 12.0. The van der Waals surface area contributed by atoms with Crippen molar-refractivity contribution in [3.63, 3.8) is 0 Å². The molecule has 224 valence electrons. The number of benzene rings is 7. The van der Waals surface area contributed by atoms with Crippen LogP contribution in [0.4, 0.5) is 0 Å². The van der Waals surface area contributed by atoms with Crippen molar-refractivity contribution < 1.29 is 4.42 Å². The summed E-state index contributed by atoms with van der Waals surface area (Å²) in [5.74, 6) is 1.82. The van der Waals surface area contributed by atoms with Gasteiger partial charge in [0.05, 0.1) is 5.56 Å². The summed E-state index contributed by atoms with van der Waals surface area (Å²) in [5, 5.41) is 6.94. The van der Waals surface area contributed by atoms with Gasteiger partial charge in [-0.2, -0.15) is 0 Å². The highest BCUT2D eigenvalue weighted by molar-refractivity contribution is 7.25. The van der Waals surface area contributed by atoms with Gasteiger partial charge in [0.1, 0.15) is 11.2 Å². The van der Waals surface area contributed by atoms with E-state index < -0.39 is 0 Å². The Morgan fingerprint density at radius 2 is 1.02 bits per heavy atom. The lowest BCUT2D eigenvalue weighted by Crippen LogP contribution is -2.00. The van der Waals surface area contributed by atoms with Gasteiger partial charge in [0.15, 0.2) is 17.5 Å². The highest BCUT2D eigenvalue weighted by Crippen LogP contribution is 2.39. The van der Waals surface area contributed by atoms with E-state index in [2.05, 4.69) is 140 Å². The summed E-state index contributed by atoms with van der Waals surface area (Å²) in [6, 6.07) is 52.8. The molecular weight excluding hydrogens is 607 g/mol. The summed E-state index contributed by atoms with van der Waals surface area (Å²) in [5.41, 5.74) is 6.63. The Morgan fingerprint density at radius 3 is 1.88 bits per heavy atom. The van der Waals surface area contributed by atoms with E-state index in [0.29, 0.717) is 17.5 Å². The number of nitrogens with zero attached hydrogens (tertiary/aromatic N) is 3. The maximum Gasteiger partial charge on any atom is 0.167 e. The van der Waals surface area contributed by atoms with Crippen LogP contribution in [0.3, 0.4) is 0 Å². The van der Waals surface area contributed by atoms with Crippen molar-refractivity contribution in [3.05, 3.63) is 152 Å². The number of fused-ring (bicyclic) bond motifs is 7.